The van der Waals surface area contributed by atoms with Crippen LogP contribution in [0.2, 0.25) is 0 Å². The molecule has 1 saturated heterocycles. The summed E-state index contributed by atoms with van der Waals surface area (Å²) in [6, 6.07) is 5.95. The number of piperidine rings is 1. The number of halogens is 1. The van der Waals surface area contributed by atoms with E-state index in [4.69, 9.17) is 0 Å². The zero-order valence-electron chi connectivity index (χ0n) is 13.2. The van der Waals surface area contributed by atoms with Gasteiger partial charge in [-0.2, -0.15) is 0 Å². The first kappa shape index (κ1) is 16.7. The van der Waals surface area contributed by atoms with Crippen LogP contribution in [0.3, 0.4) is 0 Å². The fourth-order valence-corrected chi connectivity index (χ4v) is 4.12. The topological polar surface area (TPSA) is 32.3 Å². The van der Waals surface area contributed by atoms with Crippen molar-refractivity contribution in [1.82, 2.24) is 10.2 Å². The highest BCUT2D eigenvalue weighted by Gasteiger charge is 2.21. The molecule has 3 nitrogen and oxygen atoms in total. The van der Waals surface area contributed by atoms with Gasteiger partial charge in [0, 0.05) is 29.7 Å². The number of benzene rings is 1. The molecule has 21 heavy (non-hydrogen) atoms. The molecule has 1 amide bonds. The number of nitrogens with zero attached hydrogens (tertiary/aromatic N) is 1. The van der Waals surface area contributed by atoms with E-state index in [9.17, 15) is 4.79 Å². The maximum Gasteiger partial charge on any atom is 0.252 e. The summed E-state index contributed by atoms with van der Waals surface area (Å²) in [6.07, 6.45) is 1.32. The lowest BCUT2D eigenvalue weighted by Crippen LogP contribution is -2.42. The van der Waals surface area contributed by atoms with E-state index in [0.717, 1.165) is 47.1 Å². The first-order chi connectivity index (χ1) is 9.95. The normalized spacial score (nSPS) is 23.0. The van der Waals surface area contributed by atoms with E-state index in [1.807, 2.05) is 25.1 Å². The second-order valence-electron chi connectivity index (χ2n) is 6.44. The second-order valence-corrected chi connectivity index (χ2v) is 7.61. The van der Waals surface area contributed by atoms with Crippen molar-refractivity contribution in [3.63, 3.8) is 0 Å². The highest BCUT2D eigenvalue weighted by Crippen LogP contribution is 2.20. The molecule has 2 rings (SSSR count). The van der Waals surface area contributed by atoms with Crippen molar-refractivity contribution in [2.75, 3.05) is 26.2 Å². The Morgan fingerprint density at radius 2 is 2.00 bits per heavy atom. The lowest BCUT2D eigenvalue weighted by atomic mass is 9.92. The van der Waals surface area contributed by atoms with Crippen molar-refractivity contribution in [3.8, 4) is 0 Å². The Bertz CT molecular complexity index is 494. The van der Waals surface area contributed by atoms with Crippen molar-refractivity contribution in [2.45, 2.75) is 27.2 Å². The van der Waals surface area contributed by atoms with Crippen molar-refractivity contribution in [3.05, 3.63) is 32.9 Å². The number of carbonyl (C=O) groups excluding carboxylic acids is 1. The molecule has 2 atom stereocenters. The molecule has 0 bridgehead atoms. The molecular weight excluding hydrogens is 375 g/mol. The van der Waals surface area contributed by atoms with Crippen molar-refractivity contribution < 1.29 is 4.79 Å². The molecule has 0 saturated carbocycles. The minimum Gasteiger partial charge on any atom is -0.351 e. The average Bonchev–Trinajstić information content (AvgIpc) is 2.37. The molecule has 0 aliphatic carbocycles. The molecule has 1 N–H and O–H groups in total. The number of amides is 1. The van der Waals surface area contributed by atoms with Crippen LogP contribution in [0.4, 0.5) is 0 Å². The molecule has 1 fully saturated rings. The number of hydrogen-bond donors (Lipinski definition) is 1. The van der Waals surface area contributed by atoms with Crippen molar-refractivity contribution in [2.24, 2.45) is 11.8 Å². The van der Waals surface area contributed by atoms with Crippen LogP contribution in [-0.2, 0) is 0 Å². The SMILES string of the molecule is Cc1ccc(C(=O)NCCN2C[C@H](C)C[C@@H](C)C2)c(I)c1. The van der Waals surface area contributed by atoms with Crippen LogP contribution in [0, 0.1) is 22.3 Å². The highest BCUT2D eigenvalue weighted by molar-refractivity contribution is 14.1. The van der Waals surface area contributed by atoms with Gasteiger partial charge in [-0.15, -0.1) is 0 Å². The molecule has 1 aromatic carbocycles. The van der Waals surface area contributed by atoms with Gasteiger partial charge < -0.3 is 10.2 Å². The van der Waals surface area contributed by atoms with Gasteiger partial charge in [-0.3, -0.25) is 4.79 Å². The molecule has 0 spiro atoms. The molecule has 1 aromatic rings. The largest absolute Gasteiger partial charge is 0.351 e. The number of aryl methyl sites for hydroxylation is 1. The quantitative estimate of drug-likeness (QED) is 0.787. The number of rotatable bonds is 4. The van der Waals surface area contributed by atoms with Gasteiger partial charge >= 0.3 is 0 Å². The fourth-order valence-electron chi connectivity index (χ4n) is 3.20. The van der Waals surface area contributed by atoms with E-state index < -0.39 is 0 Å². The van der Waals surface area contributed by atoms with E-state index in [2.05, 4.69) is 46.7 Å². The first-order valence-electron chi connectivity index (χ1n) is 7.72. The van der Waals surface area contributed by atoms with Crippen LogP contribution < -0.4 is 5.32 Å². The Morgan fingerprint density at radius 3 is 2.62 bits per heavy atom. The Kier molecular flexibility index (Phi) is 6.05. The van der Waals surface area contributed by atoms with Crippen LogP contribution in [-0.4, -0.2) is 37.0 Å². The van der Waals surface area contributed by atoms with Crippen LogP contribution >= 0.6 is 22.6 Å². The third kappa shape index (κ3) is 4.95. The first-order valence-corrected chi connectivity index (χ1v) is 8.80. The van der Waals surface area contributed by atoms with Gasteiger partial charge in [0.1, 0.15) is 0 Å². The molecule has 4 heteroatoms. The van der Waals surface area contributed by atoms with Crippen LogP contribution in [0.1, 0.15) is 36.2 Å². The molecule has 0 unspecified atom stereocenters. The third-order valence-corrected chi connectivity index (χ3v) is 4.92. The Balaban J connectivity index is 1.81. The second kappa shape index (κ2) is 7.58. The van der Waals surface area contributed by atoms with E-state index in [0.29, 0.717) is 0 Å². The van der Waals surface area contributed by atoms with Gasteiger partial charge in [-0.25, -0.2) is 0 Å². The van der Waals surface area contributed by atoms with Crippen LogP contribution in [0.5, 0.6) is 0 Å². The predicted molar refractivity (Wildman–Crippen MR) is 95.6 cm³/mol. The van der Waals surface area contributed by atoms with E-state index in [1.165, 1.54) is 12.0 Å². The lowest BCUT2D eigenvalue weighted by Gasteiger charge is -2.34. The van der Waals surface area contributed by atoms with Crippen molar-refractivity contribution in [1.29, 1.82) is 0 Å². The van der Waals surface area contributed by atoms with E-state index >= 15 is 0 Å². The van der Waals surface area contributed by atoms with Gasteiger partial charge in [-0.1, -0.05) is 25.5 Å². The van der Waals surface area contributed by atoms with Crippen LogP contribution in [0.25, 0.3) is 0 Å². The molecule has 1 heterocycles. The maximum atomic E-state index is 12.2. The summed E-state index contributed by atoms with van der Waals surface area (Å²) in [7, 11) is 0. The summed E-state index contributed by atoms with van der Waals surface area (Å²) in [5, 5.41) is 3.05. The molecular formula is C17H25IN2O. The number of carbonyl (C=O) groups is 1. The third-order valence-electron chi connectivity index (χ3n) is 4.03. The smallest absolute Gasteiger partial charge is 0.252 e. The van der Waals surface area contributed by atoms with Gasteiger partial charge in [0.05, 0.1) is 5.56 Å². The monoisotopic (exact) mass is 400 g/mol. The summed E-state index contributed by atoms with van der Waals surface area (Å²) < 4.78 is 1.02. The van der Waals surface area contributed by atoms with Gasteiger partial charge in [-0.05, 0) is 59.9 Å². The Labute approximate surface area is 141 Å². The predicted octanol–water partition coefficient (Wildman–Crippen LogP) is 3.31. The van der Waals surface area contributed by atoms with Gasteiger partial charge in [0.15, 0.2) is 0 Å². The zero-order valence-corrected chi connectivity index (χ0v) is 15.3. The van der Waals surface area contributed by atoms with Gasteiger partial charge in [0.25, 0.3) is 5.91 Å². The summed E-state index contributed by atoms with van der Waals surface area (Å²) in [5.41, 5.74) is 1.97. The summed E-state index contributed by atoms with van der Waals surface area (Å²) in [4.78, 5) is 14.7. The fraction of sp³-hybridized carbons (Fsp3) is 0.588. The van der Waals surface area contributed by atoms with E-state index in [-0.39, 0.29) is 5.91 Å². The van der Waals surface area contributed by atoms with Crippen LogP contribution in [0.15, 0.2) is 18.2 Å². The molecule has 0 radical (unpaired) electrons. The molecule has 1 aliphatic rings. The zero-order chi connectivity index (χ0) is 15.4. The van der Waals surface area contributed by atoms with Gasteiger partial charge in [0.2, 0.25) is 0 Å². The molecule has 1 aliphatic heterocycles. The number of hydrogen-bond acceptors (Lipinski definition) is 2. The summed E-state index contributed by atoms with van der Waals surface area (Å²) in [6.45, 7) is 10.7. The summed E-state index contributed by atoms with van der Waals surface area (Å²) in [5.74, 6) is 1.57. The minimum atomic E-state index is 0.0394. The summed E-state index contributed by atoms with van der Waals surface area (Å²) >= 11 is 2.23. The number of likely N-dealkylation sites (tertiary alicyclic amines) is 1. The minimum absolute atomic E-state index is 0.0394. The standard InChI is InChI=1S/C17H25IN2O/c1-12-4-5-15(16(18)9-12)17(21)19-6-7-20-10-13(2)8-14(3)11-20/h4-5,9,13-14H,6-8,10-11H2,1-3H3,(H,19,21)/t13-,14-/m1/s1. The lowest BCUT2D eigenvalue weighted by molar-refractivity contribution is 0.0936. The molecule has 116 valence electrons. The Morgan fingerprint density at radius 1 is 1.33 bits per heavy atom. The number of nitrogens with one attached hydrogen (secondary N) is 1. The average molecular weight is 400 g/mol. The molecule has 0 aromatic heterocycles. The Hall–Kier alpha value is -0.620. The maximum absolute atomic E-state index is 12.2. The van der Waals surface area contributed by atoms with Crippen molar-refractivity contribution >= 4 is 28.5 Å². The highest BCUT2D eigenvalue weighted by atomic mass is 127. The van der Waals surface area contributed by atoms with E-state index in [1.54, 1.807) is 0 Å².